The number of morpholine rings is 1. The topological polar surface area (TPSA) is 45.6 Å². The molecule has 5 rings (SSSR count). The van der Waals surface area contributed by atoms with Crippen molar-refractivity contribution in [1.29, 1.82) is 0 Å². The molecule has 0 unspecified atom stereocenters. The molecule has 178 valence electrons. The van der Waals surface area contributed by atoms with Crippen LogP contribution in [0, 0.1) is 19.7 Å². The number of rotatable bonds is 6. The van der Waals surface area contributed by atoms with Crippen molar-refractivity contribution in [3.8, 4) is 5.69 Å². The second kappa shape index (κ2) is 9.82. The van der Waals surface area contributed by atoms with Crippen LogP contribution in [0.1, 0.15) is 34.7 Å². The minimum Gasteiger partial charge on any atom is -0.379 e. The van der Waals surface area contributed by atoms with E-state index in [9.17, 15) is 4.39 Å². The summed E-state index contributed by atoms with van der Waals surface area (Å²) in [6, 6.07) is 14.8. The van der Waals surface area contributed by atoms with E-state index in [-0.39, 0.29) is 17.9 Å². The standard InChI is InChI=1S/C26H30FN5OS/c1-18-16-22(19(2)32(18)21-7-5-6-20(27)17-21)25-24(23-8-3-4-9-28-23)29-26(34)31(25)11-10-30-12-14-33-15-13-30/h3-9,16-17,24-25H,10-15H2,1-2H3,(H,29,34)/t24-,25+/m0/s1. The number of nitrogens with one attached hydrogen (secondary N) is 1. The number of aryl methyl sites for hydroxylation is 1. The smallest absolute Gasteiger partial charge is 0.170 e. The predicted octanol–water partition coefficient (Wildman–Crippen LogP) is 3.93. The van der Waals surface area contributed by atoms with Gasteiger partial charge in [0.25, 0.3) is 0 Å². The Morgan fingerprint density at radius 2 is 1.91 bits per heavy atom. The SMILES string of the molecule is Cc1cc([C@@H]2[C@H](c3ccccn3)NC(=S)N2CCN2CCOCC2)c(C)n1-c1cccc(F)c1. The summed E-state index contributed by atoms with van der Waals surface area (Å²) in [5.41, 5.74) is 5.09. The zero-order valence-corrected chi connectivity index (χ0v) is 20.4. The molecule has 8 heteroatoms. The lowest BCUT2D eigenvalue weighted by molar-refractivity contribution is 0.0350. The van der Waals surface area contributed by atoms with Crippen molar-refractivity contribution in [2.24, 2.45) is 0 Å². The maximum atomic E-state index is 14.0. The Morgan fingerprint density at radius 3 is 2.65 bits per heavy atom. The van der Waals surface area contributed by atoms with Gasteiger partial charge >= 0.3 is 0 Å². The third kappa shape index (κ3) is 4.45. The first kappa shape index (κ1) is 23.0. The largest absolute Gasteiger partial charge is 0.379 e. The van der Waals surface area contributed by atoms with E-state index in [0.29, 0.717) is 0 Å². The van der Waals surface area contributed by atoms with Gasteiger partial charge in [0.1, 0.15) is 5.82 Å². The average Bonchev–Trinajstić information content (AvgIpc) is 3.33. The summed E-state index contributed by atoms with van der Waals surface area (Å²) in [6.07, 6.45) is 1.82. The Labute approximate surface area is 205 Å². The van der Waals surface area contributed by atoms with E-state index in [1.165, 1.54) is 11.6 Å². The molecule has 0 bridgehead atoms. The molecule has 2 aliphatic rings. The van der Waals surface area contributed by atoms with E-state index in [4.69, 9.17) is 17.0 Å². The van der Waals surface area contributed by atoms with Crippen molar-refractivity contribution in [3.63, 3.8) is 0 Å². The average molecular weight is 480 g/mol. The Morgan fingerprint density at radius 1 is 1.09 bits per heavy atom. The quantitative estimate of drug-likeness (QED) is 0.541. The van der Waals surface area contributed by atoms with Crippen LogP contribution >= 0.6 is 12.2 Å². The minimum atomic E-state index is -0.242. The van der Waals surface area contributed by atoms with Gasteiger partial charge in [0.2, 0.25) is 0 Å². The molecule has 3 aromatic rings. The highest BCUT2D eigenvalue weighted by Gasteiger charge is 2.41. The minimum absolute atomic E-state index is 0.0167. The third-order valence-electron chi connectivity index (χ3n) is 6.81. The fourth-order valence-electron chi connectivity index (χ4n) is 5.16. The van der Waals surface area contributed by atoms with E-state index >= 15 is 0 Å². The lowest BCUT2D eigenvalue weighted by Gasteiger charge is -2.32. The molecule has 0 radical (unpaired) electrons. The monoisotopic (exact) mass is 479 g/mol. The van der Waals surface area contributed by atoms with Crippen LogP contribution in [0.15, 0.2) is 54.7 Å². The van der Waals surface area contributed by atoms with E-state index in [1.54, 1.807) is 12.1 Å². The Balaban J connectivity index is 1.52. The van der Waals surface area contributed by atoms with Crippen LogP contribution in [0.25, 0.3) is 5.69 Å². The van der Waals surface area contributed by atoms with Crippen molar-refractivity contribution >= 4 is 17.3 Å². The van der Waals surface area contributed by atoms with E-state index in [1.807, 2.05) is 30.5 Å². The summed E-state index contributed by atoms with van der Waals surface area (Å²) in [6.45, 7) is 9.32. The fraction of sp³-hybridized carbons (Fsp3) is 0.385. The van der Waals surface area contributed by atoms with Crippen LogP contribution in [-0.4, -0.2) is 63.9 Å². The van der Waals surface area contributed by atoms with Crippen LogP contribution in [-0.2, 0) is 4.74 Å². The number of ether oxygens (including phenoxy) is 1. The molecule has 6 nitrogen and oxygen atoms in total. The zero-order valence-electron chi connectivity index (χ0n) is 19.6. The summed E-state index contributed by atoms with van der Waals surface area (Å²) in [4.78, 5) is 9.37. The zero-order chi connectivity index (χ0) is 23.7. The second-order valence-corrected chi connectivity index (χ2v) is 9.30. The molecule has 2 atom stereocenters. The molecule has 2 aromatic heterocycles. The summed E-state index contributed by atoms with van der Waals surface area (Å²) in [5.74, 6) is -0.242. The normalized spacial score (nSPS) is 21.1. The number of benzene rings is 1. The highest BCUT2D eigenvalue weighted by molar-refractivity contribution is 7.80. The molecule has 0 amide bonds. The molecule has 0 saturated carbocycles. The third-order valence-corrected chi connectivity index (χ3v) is 7.17. The molecule has 1 aromatic carbocycles. The van der Waals surface area contributed by atoms with Gasteiger partial charge in [0.05, 0.1) is 31.0 Å². The molecular weight excluding hydrogens is 449 g/mol. The first-order valence-corrected chi connectivity index (χ1v) is 12.2. The first-order chi connectivity index (χ1) is 16.5. The van der Waals surface area contributed by atoms with Crippen molar-refractivity contribution in [1.82, 2.24) is 24.7 Å². The number of pyridine rings is 1. The molecule has 0 aliphatic carbocycles. The van der Waals surface area contributed by atoms with Crippen molar-refractivity contribution in [2.75, 3.05) is 39.4 Å². The lowest BCUT2D eigenvalue weighted by Crippen LogP contribution is -2.42. The first-order valence-electron chi connectivity index (χ1n) is 11.8. The maximum Gasteiger partial charge on any atom is 0.170 e. The number of nitrogens with zero attached hydrogens (tertiary/aromatic N) is 4. The van der Waals surface area contributed by atoms with Crippen LogP contribution in [0.2, 0.25) is 0 Å². The van der Waals surface area contributed by atoms with Gasteiger partial charge in [-0.3, -0.25) is 9.88 Å². The molecule has 2 saturated heterocycles. The summed E-state index contributed by atoms with van der Waals surface area (Å²) in [7, 11) is 0. The molecular formula is C26H30FN5OS. The van der Waals surface area contributed by atoms with Gasteiger partial charge in [-0.05, 0) is 68.0 Å². The molecule has 0 spiro atoms. The van der Waals surface area contributed by atoms with Gasteiger partial charge in [-0.2, -0.15) is 0 Å². The predicted molar refractivity (Wildman–Crippen MR) is 135 cm³/mol. The van der Waals surface area contributed by atoms with Crippen LogP contribution in [0.5, 0.6) is 0 Å². The lowest BCUT2D eigenvalue weighted by atomic mass is 9.96. The van der Waals surface area contributed by atoms with Gasteiger partial charge in [0.15, 0.2) is 5.11 Å². The number of halogens is 1. The molecule has 1 N–H and O–H groups in total. The van der Waals surface area contributed by atoms with Crippen molar-refractivity contribution < 1.29 is 9.13 Å². The van der Waals surface area contributed by atoms with Crippen LogP contribution < -0.4 is 5.32 Å². The van der Waals surface area contributed by atoms with Gasteiger partial charge in [-0.25, -0.2) is 4.39 Å². The number of hydrogen-bond donors (Lipinski definition) is 1. The summed E-state index contributed by atoms with van der Waals surface area (Å²) >= 11 is 5.84. The number of hydrogen-bond acceptors (Lipinski definition) is 4. The van der Waals surface area contributed by atoms with E-state index < -0.39 is 0 Å². The van der Waals surface area contributed by atoms with Gasteiger partial charge < -0.3 is 19.5 Å². The summed E-state index contributed by atoms with van der Waals surface area (Å²) in [5, 5.41) is 4.28. The Bertz CT molecular complexity index is 1160. The van der Waals surface area contributed by atoms with Crippen molar-refractivity contribution in [2.45, 2.75) is 25.9 Å². The van der Waals surface area contributed by atoms with Crippen LogP contribution in [0.4, 0.5) is 4.39 Å². The summed E-state index contributed by atoms with van der Waals surface area (Å²) < 4.78 is 21.7. The highest BCUT2D eigenvalue weighted by atomic mass is 32.1. The second-order valence-electron chi connectivity index (χ2n) is 8.92. The van der Waals surface area contributed by atoms with Gasteiger partial charge in [0, 0.05) is 49.5 Å². The van der Waals surface area contributed by atoms with Gasteiger partial charge in [-0.1, -0.05) is 12.1 Å². The van der Waals surface area contributed by atoms with E-state index in [2.05, 4.69) is 44.6 Å². The molecule has 34 heavy (non-hydrogen) atoms. The molecule has 2 aliphatic heterocycles. The number of thiocarbonyl (C=S) groups is 1. The highest BCUT2D eigenvalue weighted by Crippen LogP contribution is 2.41. The number of aromatic nitrogens is 2. The molecule has 2 fully saturated rings. The maximum absolute atomic E-state index is 14.0. The fourth-order valence-corrected chi connectivity index (χ4v) is 5.49. The van der Waals surface area contributed by atoms with Gasteiger partial charge in [-0.15, -0.1) is 0 Å². The van der Waals surface area contributed by atoms with E-state index in [0.717, 1.165) is 67.3 Å². The molecule has 4 heterocycles. The Kier molecular flexibility index (Phi) is 6.63. The van der Waals surface area contributed by atoms with Crippen molar-refractivity contribution in [3.05, 3.63) is 83.2 Å². The Hall–Kier alpha value is -2.81. The van der Waals surface area contributed by atoms with Crippen LogP contribution in [0.3, 0.4) is 0 Å².